The Kier molecular flexibility index (Phi) is 2.82. The van der Waals surface area contributed by atoms with E-state index in [9.17, 15) is 5.11 Å². The van der Waals surface area contributed by atoms with Crippen molar-refractivity contribution >= 4 is 11.3 Å². The van der Waals surface area contributed by atoms with Crippen molar-refractivity contribution in [3.05, 3.63) is 60.7 Å². The van der Waals surface area contributed by atoms with Crippen LogP contribution in [0.4, 0.5) is 0 Å². The summed E-state index contributed by atoms with van der Waals surface area (Å²) in [5.74, 6) is 0.102. The van der Waals surface area contributed by atoms with Gasteiger partial charge < -0.3 is 5.11 Å². The number of hydrogen-bond acceptors (Lipinski definition) is 3. The maximum absolute atomic E-state index is 9.95. The molecule has 0 bridgehead atoms. The molecule has 3 heteroatoms. The Hall–Kier alpha value is -2.13. The third-order valence-electron chi connectivity index (χ3n) is 2.67. The van der Waals surface area contributed by atoms with Crippen LogP contribution >= 0.6 is 11.3 Å². The summed E-state index contributed by atoms with van der Waals surface area (Å²) in [7, 11) is 0. The van der Waals surface area contributed by atoms with Gasteiger partial charge in [0.1, 0.15) is 5.01 Å². The number of aromatic nitrogens is 1. The predicted molar refractivity (Wildman–Crippen MR) is 74.7 cm³/mol. The number of aromatic hydroxyl groups is 1. The summed E-state index contributed by atoms with van der Waals surface area (Å²) in [4.78, 5) is 5.05. The lowest BCUT2D eigenvalue weighted by molar-refractivity contribution is 0.459. The average molecular weight is 253 g/mol. The van der Waals surface area contributed by atoms with Crippen LogP contribution in [0.1, 0.15) is 0 Å². The van der Waals surface area contributed by atoms with Crippen LogP contribution in [-0.2, 0) is 0 Å². The van der Waals surface area contributed by atoms with Crippen molar-refractivity contribution in [2.75, 3.05) is 0 Å². The zero-order chi connectivity index (χ0) is 12.4. The van der Waals surface area contributed by atoms with Gasteiger partial charge in [-0.3, -0.25) is 0 Å². The molecule has 3 aromatic rings. The van der Waals surface area contributed by atoms with Gasteiger partial charge >= 0.3 is 0 Å². The normalized spacial score (nSPS) is 10.4. The predicted octanol–water partition coefficient (Wildman–Crippen LogP) is 4.18. The quantitative estimate of drug-likeness (QED) is 0.743. The van der Waals surface area contributed by atoms with Crippen molar-refractivity contribution < 1.29 is 5.11 Å². The van der Waals surface area contributed by atoms with E-state index in [1.807, 2.05) is 60.7 Å². The van der Waals surface area contributed by atoms with Gasteiger partial charge in [-0.2, -0.15) is 0 Å². The molecular formula is C15H11NOS. The Morgan fingerprint density at radius 2 is 1.33 bits per heavy atom. The molecule has 2 aromatic carbocycles. The number of nitrogens with zero attached hydrogens (tertiary/aromatic N) is 1. The lowest BCUT2D eigenvalue weighted by Gasteiger charge is -1.95. The zero-order valence-corrected chi connectivity index (χ0v) is 10.4. The summed E-state index contributed by atoms with van der Waals surface area (Å²) >= 11 is 1.50. The van der Waals surface area contributed by atoms with Crippen molar-refractivity contribution in [2.24, 2.45) is 0 Å². The van der Waals surface area contributed by atoms with Crippen LogP contribution in [0.5, 0.6) is 5.88 Å². The SMILES string of the molecule is Oc1nc(-c2ccccc2)sc1-c1ccccc1. The van der Waals surface area contributed by atoms with Crippen molar-refractivity contribution in [1.29, 1.82) is 0 Å². The molecule has 0 fully saturated rings. The molecule has 18 heavy (non-hydrogen) atoms. The molecule has 2 nitrogen and oxygen atoms in total. The first kappa shape index (κ1) is 11.0. The number of rotatable bonds is 2. The Morgan fingerprint density at radius 3 is 1.94 bits per heavy atom. The molecule has 1 aromatic heterocycles. The summed E-state index contributed by atoms with van der Waals surface area (Å²) in [6.45, 7) is 0. The van der Waals surface area contributed by atoms with E-state index >= 15 is 0 Å². The van der Waals surface area contributed by atoms with Crippen molar-refractivity contribution in [3.8, 4) is 26.9 Å². The summed E-state index contributed by atoms with van der Waals surface area (Å²) in [5.41, 5.74) is 2.02. The van der Waals surface area contributed by atoms with E-state index in [2.05, 4.69) is 4.98 Å². The van der Waals surface area contributed by atoms with Crippen LogP contribution in [0.15, 0.2) is 60.7 Å². The maximum atomic E-state index is 9.95. The monoisotopic (exact) mass is 253 g/mol. The highest BCUT2D eigenvalue weighted by Gasteiger charge is 2.12. The Balaban J connectivity index is 2.07. The van der Waals surface area contributed by atoms with Gasteiger partial charge in [0.15, 0.2) is 0 Å². The molecule has 88 valence electrons. The van der Waals surface area contributed by atoms with Crippen LogP contribution < -0.4 is 0 Å². The molecule has 0 atom stereocenters. The minimum Gasteiger partial charge on any atom is -0.492 e. The lowest BCUT2D eigenvalue weighted by atomic mass is 10.2. The third kappa shape index (κ3) is 2.00. The summed E-state index contributed by atoms with van der Waals surface area (Å²) < 4.78 is 0. The molecule has 0 spiro atoms. The topological polar surface area (TPSA) is 33.1 Å². The first-order valence-corrected chi connectivity index (χ1v) is 6.47. The van der Waals surface area contributed by atoms with Gasteiger partial charge in [0.05, 0.1) is 4.88 Å². The van der Waals surface area contributed by atoms with E-state index in [1.165, 1.54) is 11.3 Å². The van der Waals surface area contributed by atoms with E-state index in [1.54, 1.807) is 0 Å². The third-order valence-corrected chi connectivity index (χ3v) is 3.81. The molecule has 0 saturated heterocycles. The van der Waals surface area contributed by atoms with Gasteiger partial charge in [0.2, 0.25) is 5.88 Å². The average Bonchev–Trinajstić information content (AvgIpc) is 2.83. The summed E-state index contributed by atoms with van der Waals surface area (Å²) in [6, 6.07) is 19.7. The first-order chi connectivity index (χ1) is 8.84. The number of thiazole rings is 1. The fraction of sp³-hybridized carbons (Fsp3) is 0. The lowest BCUT2D eigenvalue weighted by Crippen LogP contribution is -1.73. The smallest absolute Gasteiger partial charge is 0.230 e. The molecule has 0 aliphatic heterocycles. The molecule has 1 heterocycles. The minimum atomic E-state index is 0.102. The standard InChI is InChI=1S/C15H11NOS/c17-14-13(11-7-3-1-4-8-11)18-15(16-14)12-9-5-2-6-10-12/h1-10,17H. The second-order valence-electron chi connectivity index (χ2n) is 3.90. The van der Waals surface area contributed by atoms with Gasteiger partial charge in [0.25, 0.3) is 0 Å². The van der Waals surface area contributed by atoms with Crippen LogP contribution in [0.2, 0.25) is 0 Å². The van der Waals surface area contributed by atoms with E-state index < -0.39 is 0 Å². The van der Waals surface area contributed by atoms with Crippen molar-refractivity contribution in [1.82, 2.24) is 4.98 Å². The molecule has 1 N–H and O–H groups in total. The van der Waals surface area contributed by atoms with Crippen molar-refractivity contribution in [3.63, 3.8) is 0 Å². The second kappa shape index (κ2) is 4.63. The highest BCUT2D eigenvalue weighted by atomic mass is 32.1. The minimum absolute atomic E-state index is 0.102. The largest absolute Gasteiger partial charge is 0.492 e. The Labute approximate surface area is 109 Å². The highest BCUT2D eigenvalue weighted by molar-refractivity contribution is 7.18. The molecule has 0 aliphatic carbocycles. The Morgan fingerprint density at radius 1 is 0.778 bits per heavy atom. The van der Waals surface area contributed by atoms with Gasteiger partial charge in [-0.25, -0.2) is 4.98 Å². The molecule has 0 radical (unpaired) electrons. The molecular weight excluding hydrogens is 242 g/mol. The van der Waals surface area contributed by atoms with Crippen LogP contribution in [0.3, 0.4) is 0 Å². The molecule has 0 saturated carbocycles. The van der Waals surface area contributed by atoms with Gasteiger partial charge in [-0.05, 0) is 5.56 Å². The van der Waals surface area contributed by atoms with Gasteiger partial charge in [-0.1, -0.05) is 60.7 Å². The van der Waals surface area contributed by atoms with Crippen molar-refractivity contribution in [2.45, 2.75) is 0 Å². The number of hydrogen-bond donors (Lipinski definition) is 1. The number of benzene rings is 2. The zero-order valence-electron chi connectivity index (χ0n) is 9.58. The van der Waals surface area contributed by atoms with E-state index in [-0.39, 0.29) is 5.88 Å². The van der Waals surface area contributed by atoms with Gasteiger partial charge in [-0.15, -0.1) is 11.3 Å². The van der Waals surface area contributed by atoms with Crippen LogP contribution in [-0.4, -0.2) is 10.1 Å². The molecule has 0 amide bonds. The van der Waals surface area contributed by atoms with Crippen LogP contribution in [0.25, 0.3) is 21.0 Å². The first-order valence-electron chi connectivity index (χ1n) is 5.65. The summed E-state index contributed by atoms with van der Waals surface area (Å²) in [5, 5.41) is 10.8. The fourth-order valence-electron chi connectivity index (χ4n) is 1.79. The maximum Gasteiger partial charge on any atom is 0.230 e. The summed E-state index contributed by atoms with van der Waals surface area (Å²) in [6.07, 6.45) is 0. The Bertz CT molecular complexity index is 647. The molecule has 3 rings (SSSR count). The van der Waals surface area contributed by atoms with E-state index in [4.69, 9.17) is 0 Å². The second-order valence-corrected chi connectivity index (χ2v) is 4.90. The van der Waals surface area contributed by atoms with E-state index in [0.717, 1.165) is 21.0 Å². The molecule has 0 aliphatic rings. The highest BCUT2D eigenvalue weighted by Crippen LogP contribution is 2.38. The van der Waals surface area contributed by atoms with Crippen LogP contribution in [0, 0.1) is 0 Å². The fourth-order valence-corrected chi connectivity index (χ4v) is 2.76. The van der Waals surface area contributed by atoms with E-state index in [0.29, 0.717) is 0 Å². The molecule has 0 unspecified atom stereocenters. The van der Waals surface area contributed by atoms with Gasteiger partial charge in [0, 0.05) is 5.56 Å².